The van der Waals surface area contributed by atoms with Crippen LogP contribution in [0.5, 0.6) is 0 Å². The van der Waals surface area contributed by atoms with Crippen molar-refractivity contribution in [3.05, 3.63) is 38.6 Å². The number of pyridine rings is 2. The molecule has 3 nitrogen and oxygen atoms in total. The minimum absolute atomic E-state index is 0.418. The SMILES string of the molecule is Cc1ccc2c(c1)nc(N)c1ncc(I)c(Cl)c12. The lowest BCUT2D eigenvalue weighted by atomic mass is 10.1. The first-order valence-electron chi connectivity index (χ1n) is 5.37. The highest BCUT2D eigenvalue weighted by atomic mass is 127. The second-order valence-corrected chi connectivity index (χ2v) is 5.70. The standard InChI is InChI=1S/C13H9ClIN3/c1-6-2-3-7-9(4-6)18-13(16)12-10(7)11(14)8(15)5-17-12/h2-5H,1H3,(H2,16,18). The third kappa shape index (κ3) is 1.71. The number of aromatic nitrogens is 2. The minimum Gasteiger partial charge on any atom is -0.382 e. The van der Waals surface area contributed by atoms with E-state index in [1.807, 2.05) is 25.1 Å². The number of hydrogen-bond donors (Lipinski definition) is 1. The van der Waals surface area contributed by atoms with Crippen molar-refractivity contribution in [2.75, 3.05) is 5.73 Å². The second-order valence-electron chi connectivity index (χ2n) is 4.16. The van der Waals surface area contributed by atoms with Crippen molar-refractivity contribution in [2.24, 2.45) is 0 Å². The molecule has 3 rings (SSSR count). The molecule has 2 N–H and O–H groups in total. The van der Waals surface area contributed by atoms with E-state index in [1.165, 1.54) is 0 Å². The molecule has 0 aliphatic heterocycles. The van der Waals surface area contributed by atoms with Crippen LogP contribution >= 0.6 is 34.2 Å². The topological polar surface area (TPSA) is 51.8 Å². The van der Waals surface area contributed by atoms with Gasteiger partial charge in [-0.25, -0.2) is 4.98 Å². The molecular weight excluding hydrogens is 361 g/mol. The van der Waals surface area contributed by atoms with Gasteiger partial charge in [0.15, 0.2) is 5.82 Å². The smallest absolute Gasteiger partial charge is 0.150 e. The maximum Gasteiger partial charge on any atom is 0.150 e. The van der Waals surface area contributed by atoms with Gasteiger partial charge in [0.1, 0.15) is 5.52 Å². The van der Waals surface area contributed by atoms with E-state index >= 15 is 0 Å². The summed E-state index contributed by atoms with van der Waals surface area (Å²) in [5.74, 6) is 0.418. The molecule has 0 spiro atoms. The molecule has 0 saturated carbocycles. The number of anilines is 1. The van der Waals surface area contributed by atoms with Crippen molar-refractivity contribution in [1.82, 2.24) is 9.97 Å². The monoisotopic (exact) mass is 369 g/mol. The third-order valence-electron chi connectivity index (χ3n) is 2.88. The van der Waals surface area contributed by atoms with E-state index in [1.54, 1.807) is 6.20 Å². The zero-order chi connectivity index (χ0) is 12.9. The van der Waals surface area contributed by atoms with E-state index < -0.39 is 0 Å². The molecule has 0 saturated heterocycles. The van der Waals surface area contributed by atoms with Gasteiger partial charge in [-0.2, -0.15) is 0 Å². The van der Waals surface area contributed by atoms with E-state index in [4.69, 9.17) is 17.3 Å². The molecule has 2 aromatic heterocycles. The van der Waals surface area contributed by atoms with Gasteiger partial charge in [-0.05, 0) is 41.1 Å². The number of nitrogen functional groups attached to an aromatic ring is 1. The Kier molecular flexibility index (Phi) is 2.79. The number of aryl methyl sites for hydroxylation is 1. The van der Waals surface area contributed by atoms with Gasteiger partial charge in [-0.3, -0.25) is 4.98 Å². The van der Waals surface area contributed by atoms with Crippen LogP contribution < -0.4 is 5.73 Å². The highest BCUT2D eigenvalue weighted by Crippen LogP contribution is 2.34. The van der Waals surface area contributed by atoms with Crippen LogP contribution in [0.1, 0.15) is 5.56 Å². The first-order chi connectivity index (χ1) is 8.58. The normalized spacial score (nSPS) is 11.3. The van der Waals surface area contributed by atoms with E-state index in [0.717, 1.165) is 25.4 Å². The van der Waals surface area contributed by atoms with Gasteiger partial charge in [0.2, 0.25) is 0 Å². The fraction of sp³-hybridized carbons (Fsp3) is 0.0769. The Bertz CT molecular complexity index is 786. The summed E-state index contributed by atoms with van der Waals surface area (Å²) in [6, 6.07) is 6.06. The summed E-state index contributed by atoms with van der Waals surface area (Å²) in [5, 5.41) is 2.55. The molecule has 0 amide bonds. The van der Waals surface area contributed by atoms with E-state index in [9.17, 15) is 0 Å². The Labute approximate surface area is 123 Å². The predicted octanol–water partition coefficient (Wildman–Crippen LogP) is 3.93. The van der Waals surface area contributed by atoms with Crippen molar-refractivity contribution in [3.63, 3.8) is 0 Å². The Balaban J connectivity index is 2.63. The third-order valence-corrected chi connectivity index (χ3v) is 4.41. The van der Waals surface area contributed by atoms with Gasteiger partial charge in [0.05, 0.1) is 14.1 Å². The Hall–Kier alpha value is -1.14. The largest absolute Gasteiger partial charge is 0.382 e. The van der Waals surface area contributed by atoms with Gasteiger partial charge < -0.3 is 5.73 Å². The summed E-state index contributed by atoms with van der Waals surface area (Å²) >= 11 is 8.55. The van der Waals surface area contributed by atoms with Gasteiger partial charge in [-0.1, -0.05) is 23.7 Å². The maximum absolute atomic E-state index is 6.39. The average Bonchev–Trinajstić information content (AvgIpc) is 2.33. The number of nitrogens with two attached hydrogens (primary N) is 1. The Morgan fingerprint density at radius 3 is 2.89 bits per heavy atom. The van der Waals surface area contributed by atoms with Gasteiger partial charge in [0, 0.05) is 17.0 Å². The fourth-order valence-corrected chi connectivity index (χ4v) is 2.68. The van der Waals surface area contributed by atoms with Crippen LogP contribution in [-0.4, -0.2) is 9.97 Å². The van der Waals surface area contributed by atoms with E-state index in [-0.39, 0.29) is 0 Å². The van der Waals surface area contributed by atoms with Crippen molar-refractivity contribution >= 4 is 61.8 Å². The van der Waals surface area contributed by atoms with Gasteiger partial charge >= 0.3 is 0 Å². The van der Waals surface area contributed by atoms with Crippen LogP contribution in [0.3, 0.4) is 0 Å². The quantitative estimate of drug-likeness (QED) is 0.482. The van der Waals surface area contributed by atoms with Gasteiger partial charge in [-0.15, -0.1) is 0 Å². The summed E-state index contributed by atoms with van der Waals surface area (Å²) < 4.78 is 0.911. The van der Waals surface area contributed by atoms with Crippen LogP contribution in [0.4, 0.5) is 5.82 Å². The summed E-state index contributed by atoms with van der Waals surface area (Å²) in [5.41, 5.74) is 8.61. The van der Waals surface area contributed by atoms with Crippen molar-refractivity contribution in [1.29, 1.82) is 0 Å². The van der Waals surface area contributed by atoms with E-state index in [0.29, 0.717) is 16.4 Å². The number of fused-ring (bicyclic) bond motifs is 3. The first-order valence-corrected chi connectivity index (χ1v) is 6.83. The summed E-state index contributed by atoms with van der Waals surface area (Å²) in [4.78, 5) is 8.72. The second kappa shape index (κ2) is 4.20. The number of hydrogen-bond acceptors (Lipinski definition) is 3. The van der Waals surface area contributed by atoms with Crippen LogP contribution in [0, 0.1) is 10.5 Å². The fourth-order valence-electron chi connectivity index (χ4n) is 2.03. The molecule has 5 heteroatoms. The van der Waals surface area contributed by atoms with Crippen LogP contribution in [0.2, 0.25) is 5.02 Å². The van der Waals surface area contributed by atoms with Crippen LogP contribution in [0.15, 0.2) is 24.4 Å². The number of halogens is 2. The average molecular weight is 370 g/mol. The zero-order valence-corrected chi connectivity index (χ0v) is 12.5. The molecule has 0 fully saturated rings. The molecular formula is C13H9ClIN3. The number of rotatable bonds is 0. The number of nitrogens with zero attached hydrogens (tertiary/aromatic N) is 2. The van der Waals surface area contributed by atoms with Crippen LogP contribution in [0.25, 0.3) is 21.8 Å². The molecule has 0 radical (unpaired) electrons. The Morgan fingerprint density at radius 1 is 1.33 bits per heavy atom. The molecule has 0 aliphatic rings. The van der Waals surface area contributed by atoms with E-state index in [2.05, 4.69) is 32.6 Å². The predicted molar refractivity (Wildman–Crippen MR) is 83.9 cm³/mol. The zero-order valence-electron chi connectivity index (χ0n) is 9.54. The molecule has 2 heterocycles. The lowest BCUT2D eigenvalue weighted by Gasteiger charge is -2.08. The summed E-state index contributed by atoms with van der Waals surface area (Å²) in [6.07, 6.45) is 1.71. The molecule has 90 valence electrons. The first kappa shape index (κ1) is 11.9. The molecule has 0 aliphatic carbocycles. The molecule has 1 aromatic carbocycles. The Morgan fingerprint density at radius 2 is 2.11 bits per heavy atom. The minimum atomic E-state index is 0.418. The van der Waals surface area contributed by atoms with Crippen molar-refractivity contribution < 1.29 is 0 Å². The molecule has 0 unspecified atom stereocenters. The number of benzene rings is 1. The lowest BCUT2D eigenvalue weighted by molar-refractivity contribution is 1.34. The highest BCUT2D eigenvalue weighted by Gasteiger charge is 2.12. The van der Waals surface area contributed by atoms with Crippen molar-refractivity contribution in [2.45, 2.75) is 6.92 Å². The maximum atomic E-state index is 6.39. The summed E-state index contributed by atoms with van der Waals surface area (Å²) in [7, 11) is 0. The van der Waals surface area contributed by atoms with Gasteiger partial charge in [0.25, 0.3) is 0 Å². The van der Waals surface area contributed by atoms with Crippen LogP contribution in [-0.2, 0) is 0 Å². The molecule has 0 atom stereocenters. The summed E-state index contributed by atoms with van der Waals surface area (Å²) in [6.45, 7) is 2.02. The molecule has 3 aromatic rings. The lowest BCUT2D eigenvalue weighted by Crippen LogP contribution is -1.97. The highest BCUT2D eigenvalue weighted by molar-refractivity contribution is 14.1. The van der Waals surface area contributed by atoms with Crippen molar-refractivity contribution in [3.8, 4) is 0 Å². The molecule has 18 heavy (non-hydrogen) atoms. The molecule has 0 bridgehead atoms.